The van der Waals surface area contributed by atoms with Crippen molar-refractivity contribution in [1.29, 1.82) is 0 Å². The number of esters is 1. The van der Waals surface area contributed by atoms with Crippen LogP contribution in [0.5, 0.6) is 17.2 Å². The molecule has 134 valence electrons. The van der Waals surface area contributed by atoms with Crippen molar-refractivity contribution in [3.8, 4) is 17.2 Å². The lowest BCUT2D eigenvalue weighted by Gasteiger charge is -2.16. The average molecular weight is 336 g/mol. The zero-order chi connectivity index (χ0) is 17.9. The number of benzene rings is 1. The Morgan fingerprint density at radius 3 is 2.00 bits per heavy atom. The third-order valence-electron chi connectivity index (χ3n) is 3.24. The molecule has 0 N–H and O–H groups in total. The summed E-state index contributed by atoms with van der Waals surface area (Å²) >= 11 is 0. The van der Waals surface area contributed by atoms with Crippen molar-refractivity contribution < 1.29 is 23.7 Å². The molecule has 0 aliphatic rings. The fourth-order valence-electron chi connectivity index (χ4n) is 1.99. The average Bonchev–Trinajstić information content (AvgIpc) is 2.56. The highest BCUT2D eigenvalue weighted by Gasteiger charge is 2.14. The molecule has 1 aromatic carbocycles. The molecule has 0 radical (unpaired) electrons. The molecule has 1 aromatic rings. The van der Waals surface area contributed by atoms with E-state index in [4.69, 9.17) is 18.9 Å². The summed E-state index contributed by atoms with van der Waals surface area (Å²) in [4.78, 5) is 11.8. The molecule has 0 spiro atoms. The van der Waals surface area contributed by atoms with Gasteiger partial charge in [-0.1, -0.05) is 6.92 Å². The lowest BCUT2D eigenvalue weighted by Crippen LogP contribution is -2.11. The highest BCUT2D eigenvalue weighted by Crippen LogP contribution is 2.39. The van der Waals surface area contributed by atoms with E-state index < -0.39 is 0 Å². The van der Waals surface area contributed by atoms with Crippen molar-refractivity contribution in [1.82, 2.24) is 0 Å². The van der Waals surface area contributed by atoms with Gasteiger partial charge < -0.3 is 18.9 Å². The van der Waals surface area contributed by atoms with E-state index in [9.17, 15) is 4.79 Å². The van der Waals surface area contributed by atoms with Gasteiger partial charge in [-0.2, -0.15) is 0 Å². The first-order valence-electron chi connectivity index (χ1n) is 8.50. The summed E-state index contributed by atoms with van der Waals surface area (Å²) in [5, 5.41) is 0. The van der Waals surface area contributed by atoms with Crippen LogP contribution in [0.4, 0.5) is 0 Å². The molecule has 0 fully saturated rings. The second-order valence-electron chi connectivity index (χ2n) is 5.13. The molecule has 5 heteroatoms. The molecular weight excluding hydrogens is 308 g/mol. The zero-order valence-electron chi connectivity index (χ0n) is 15.3. The number of hydrogen-bond donors (Lipinski definition) is 0. The lowest BCUT2D eigenvalue weighted by atomic mass is 10.1. The Morgan fingerprint density at radius 2 is 1.54 bits per heavy atom. The first-order valence-corrected chi connectivity index (χ1v) is 8.50. The standard InChI is InChI=1S/C19H28O5/c1-6-14(5)24-18(20)11-10-15-12-16(21-7-2)19(23-9-4)17(13-15)22-8-3/h10-14H,6-9H2,1-5H3. The molecule has 0 saturated carbocycles. The van der Waals surface area contributed by atoms with E-state index in [1.54, 1.807) is 6.08 Å². The Balaban J connectivity index is 3.07. The first-order chi connectivity index (χ1) is 11.5. The van der Waals surface area contributed by atoms with Crippen molar-refractivity contribution in [2.24, 2.45) is 0 Å². The van der Waals surface area contributed by atoms with Crippen LogP contribution < -0.4 is 14.2 Å². The van der Waals surface area contributed by atoms with Crippen LogP contribution in [0.3, 0.4) is 0 Å². The monoisotopic (exact) mass is 336 g/mol. The van der Waals surface area contributed by atoms with E-state index in [1.165, 1.54) is 6.08 Å². The second kappa shape index (κ2) is 10.6. The minimum absolute atomic E-state index is 0.0968. The van der Waals surface area contributed by atoms with E-state index in [0.29, 0.717) is 37.1 Å². The molecule has 0 aliphatic heterocycles. The summed E-state index contributed by atoms with van der Waals surface area (Å²) in [6.45, 7) is 11.1. The number of carbonyl (C=O) groups is 1. The molecule has 1 unspecified atom stereocenters. The van der Waals surface area contributed by atoms with Crippen molar-refractivity contribution >= 4 is 12.0 Å². The highest BCUT2D eigenvalue weighted by molar-refractivity contribution is 5.87. The Kier molecular flexibility index (Phi) is 8.76. The molecule has 0 bridgehead atoms. The highest BCUT2D eigenvalue weighted by atomic mass is 16.5. The van der Waals surface area contributed by atoms with Crippen LogP contribution >= 0.6 is 0 Å². The van der Waals surface area contributed by atoms with Crippen molar-refractivity contribution in [3.05, 3.63) is 23.8 Å². The minimum Gasteiger partial charge on any atom is -0.490 e. The summed E-state index contributed by atoms with van der Waals surface area (Å²) in [7, 11) is 0. The quantitative estimate of drug-likeness (QED) is 0.472. The Morgan fingerprint density at radius 1 is 1.00 bits per heavy atom. The van der Waals surface area contributed by atoms with Gasteiger partial charge in [0.15, 0.2) is 11.5 Å². The predicted molar refractivity (Wildman–Crippen MR) is 94.8 cm³/mol. The van der Waals surface area contributed by atoms with Crippen LogP contribution in [0, 0.1) is 0 Å². The van der Waals surface area contributed by atoms with E-state index >= 15 is 0 Å². The molecule has 1 rings (SSSR count). The molecule has 24 heavy (non-hydrogen) atoms. The van der Waals surface area contributed by atoms with Gasteiger partial charge in [0.1, 0.15) is 0 Å². The van der Waals surface area contributed by atoms with Gasteiger partial charge in [-0.25, -0.2) is 4.79 Å². The maximum Gasteiger partial charge on any atom is 0.331 e. The SMILES string of the molecule is CCOc1cc(C=CC(=O)OC(C)CC)cc(OCC)c1OCC. The summed E-state index contributed by atoms with van der Waals surface area (Å²) in [6.07, 6.45) is 3.78. The normalized spacial score (nSPS) is 12.0. The largest absolute Gasteiger partial charge is 0.490 e. The zero-order valence-corrected chi connectivity index (χ0v) is 15.3. The number of carbonyl (C=O) groups excluding carboxylic acids is 1. The van der Waals surface area contributed by atoms with Crippen LogP contribution in [0.2, 0.25) is 0 Å². The van der Waals surface area contributed by atoms with Gasteiger partial charge in [0, 0.05) is 6.08 Å². The van der Waals surface area contributed by atoms with Crippen LogP contribution in [0.25, 0.3) is 6.08 Å². The third kappa shape index (κ3) is 6.14. The molecule has 1 atom stereocenters. The van der Waals surface area contributed by atoms with Crippen LogP contribution in [-0.2, 0) is 9.53 Å². The summed E-state index contributed by atoms with van der Waals surface area (Å²) in [5.74, 6) is 1.41. The molecule has 0 aliphatic carbocycles. The van der Waals surface area contributed by atoms with Gasteiger partial charge in [0.2, 0.25) is 5.75 Å². The summed E-state index contributed by atoms with van der Waals surface area (Å²) < 4.78 is 22.2. The maximum absolute atomic E-state index is 11.8. The van der Waals surface area contributed by atoms with Crippen molar-refractivity contribution in [2.75, 3.05) is 19.8 Å². The van der Waals surface area contributed by atoms with Gasteiger partial charge in [-0.3, -0.25) is 0 Å². The van der Waals surface area contributed by atoms with E-state index in [-0.39, 0.29) is 12.1 Å². The molecule has 0 aromatic heterocycles. The number of rotatable bonds is 10. The third-order valence-corrected chi connectivity index (χ3v) is 3.24. The van der Waals surface area contributed by atoms with Crippen LogP contribution in [0.1, 0.15) is 46.6 Å². The van der Waals surface area contributed by atoms with Crippen molar-refractivity contribution in [3.63, 3.8) is 0 Å². The van der Waals surface area contributed by atoms with Gasteiger partial charge in [-0.05, 0) is 57.9 Å². The van der Waals surface area contributed by atoms with E-state index in [2.05, 4.69) is 0 Å². The number of ether oxygens (including phenoxy) is 4. The molecule has 0 saturated heterocycles. The maximum atomic E-state index is 11.8. The Labute approximate surface area is 144 Å². The fraction of sp³-hybridized carbons (Fsp3) is 0.526. The Hall–Kier alpha value is -2.17. The molecule has 0 amide bonds. The topological polar surface area (TPSA) is 54.0 Å². The van der Waals surface area contributed by atoms with Crippen molar-refractivity contribution in [2.45, 2.75) is 47.1 Å². The van der Waals surface area contributed by atoms with E-state index in [0.717, 1.165) is 12.0 Å². The first kappa shape index (κ1) is 19.9. The smallest absolute Gasteiger partial charge is 0.331 e. The molecule has 0 heterocycles. The van der Waals surface area contributed by atoms with Crippen LogP contribution in [0.15, 0.2) is 18.2 Å². The van der Waals surface area contributed by atoms with Gasteiger partial charge in [0.25, 0.3) is 0 Å². The number of hydrogen-bond acceptors (Lipinski definition) is 5. The van der Waals surface area contributed by atoms with Crippen LogP contribution in [-0.4, -0.2) is 31.9 Å². The van der Waals surface area contributed by atoms with Gasteiger partial charge in [-0.15, -0.1) is 0 Å². The minimum atomic E-state index is -0.367. The summed E-state index contributed by atoms with van der Waals surface area (Å²) in [6, 6.07) is 3.65. The van der Waals surface area contributed by atoms with E-state index in [1.807, 2.05) is 46.8 Å². The van der Waals surface area contributed by atoms with Gasteiger partial charge >= 0.3 is 5.97 Å². The lowest BCUT2D eigenvalue weighted by molar-refractivity contribution is -0.142. The summed E-state index contributed by atoms with van der Waals surface area (Å²) in [5.41, 5.74) is 0.784. The molecule has 5 nitrogen and oxygen atoms in total. The Bertz CT molecular complexity index is 524. The molecular formula is C19H28O5. The fourth-order valence-corrected chi connectivity index (χ4v) is 1.99. The van der Waals surface area contributed by atoms with Gasteiger partial charge in [0.05, 0.1) is 25.9 Å². The second-order valence-corrected chi connectivity index (χ2v) is 5.13. The predicted octanol–water partition coefficient (Wildman–Crippen LogP) is 4.24.